The Morgan fingerprint density at radius 3 is 2.71 bits per heavy atom. The van der Waals surface area contributed by atoms with Crippen molar-refractivity contribution in [2.45, 2.75) is 24.4 Å². The van der Waals surface area contributed by atoms with Crippen molar-refractivity contribution in [3.63, 3.8) is 0 Å². The van der Waals surface area contributed by atoms with Gasteiger partial charge in [-0.05, 0) is 31.7 Å². The first-order chi connectivity index (χ1) is 10.0. The van der Waals surface area contributed by atoms with Crippen molar-refractivity contribution in [3.8, 4) is 0 Å². The number of pyridine rings is 1. The summed E-state index contributed by atoms with van der Waals surface area (Å²) in [6.07, 6.45) is 6.15. The largest absolute Gasteiger partial charge is 0.318 e. The van der Waals surface area contributed by atoms with Gasteiger partial charge in [-0.2, -0.15) is 5.10 Å². The van der Waals surface area contributed by atoms with Gasteiger partial charge in [0.15, 0.2) is 0 Å². The molecule has 0 radical (unpaired) electrons. The lowest BCUT2D eigenvalue weighted by molar-refractivity contribution is 0.564. The molecule has 2 aromatic heterocycles. The van der Waals surface area contributed by atoms with Gasteiger partial charge in [0.25, 0.3) is 0 Å². The molecule has 21 heavy (non-hydrogen) atoms. The first-order valence-electron chi connectivity index (χ1n) is 6.62. The minimum atomic E-state index is -3.59. The number of sulfonamides is 1. The zero-order valence-electron chi connectivity index (χ0n) is 12.0. The molecule has 0 bridgehead atoms. The van der Waals surface area contributed by atoms with Crippen LogP contribution in [-0.2, 0) is 16.6 Å². The summed E-state index contributed by atoms with van der Waals surface area (Å²) in [4.78, 5) is 4.08. The van der Waals surface area contributed by atoms with Gasteiger partial charge >= 0.3 is 0 Å². The number of hydrogen-bond acceptors (Lipinski definition) is 5. The van der Waals surface area contributed by atoms with E-state index in [9.17, 15) is 8.42 Å². The number of likely N-dealkylation sites (N-methyl/N-ethyl adjacent to an activating group) is 1. The van der Waals surface area contributed by atoms with Gasteiger partial charge in [-0.15, -0.1) is 0 Å². The number of nitrogens with one attached hydrogen (secondary N) is 2. The third kappa shape index (κ3) is 4.10. The van der Waals surface area contributed by atoms with Gasteiger partial charge in [0.05, 0.1) is 12.7 Å². The monoisotopic (exact) mass is 309 g/mol. The maximum atomic E-state index is 12.3. The summed E-state index contributed by atoms with van der Waals surface area (Å²) in [7, 11) is -1.75. The lowest BCUT2D eigenvalue weighted by atomic mass is 10.1. The molecule has 0 aliphatic rings. The second-order valence-electron chi connectivity index (χ2n) is 4.67. The van der Waals surface area contributed by atoms with Crippen LogP contribution >= 0.6 is 0 Å². The smallest absolute Gasteiger partial charge is 0.244 e. The number of rotatable bonds is 7. The molecule has 0 fully saturated rings. The zero-order valence-corrected chi connectivity index (χ0v) is 12.8. The summed E-state index contributed by atoms with van der Waals surface area (Å²) in [5, 5.41) is 7.03. The predicted molar refractivity (Wildman–Crippen MR) is 79.1 cm³/mol. The summed E-state index contributed by atoms with van der Waals surface area (Å²) < 4.78 is 28.8. The van der Waals surface area contributed by atoms with Crippen molar-refractivity contribution in [3.05, 3.63) is 42.5 Å². The molecule has 114 valence electrons. The Morgan fingerprint density at radius 2 is 2.05 bits per heavy atom. The fourth-order valence-electron chi connectivity index (χ4n) is 1.85. The Hall–Kier alpha value is -1.77. The number of hydrogen-bond donors (Lipinski definition) is 2. The number of nitrogens with zero attached hydrogens (tertiary/aromatic N) is 3. The first-order valence-corrected chi connectivity index (χ1v) is 8.10. The quantitative estimate of drug-likeness (QED) is 0.779. The molecule has 0 saturated carbocycles. The highest BCUT2D eigenvalue weighted by molar-refractivity contribution is 7.89. The second kappa shape index (κ2) is 6.79. The highest BCUT2D eigenvalue weighted by atomic mass is 32.2. The molecule has 0 aromatic carbocycles. The minimum Gasteiger partial charge on any atom is -0.318 e. The Morgan fingerprint density at radius 1 is 1.33 bits per heavy atom. The van der Waals surface area contributed by atoms with Crippen LogP contribution in [0.5, 0.6) is 0 Å². The Labute approximate surface area is 124 Å². The Kier molecular flexibility index (Phi) is 5.05. The van der Waals surface area contributed by atoms with E-state index in [0.29, 0.717) is 6.54 Å². The van der Waals surface area contributed by atoms with Crippen LogP contribution < -0.4 is 10.0 Å². The van der Waals surface area contributed by atoms with E-state index in [-0.39, 0.29) is 10.9 Å². The highest BCUT2D eigenvalue weighted by Gasteiger charge is 2.20. The summed E-state index contributed by atoms with van der Waals surface area (Å²) >= 11 is 0. The van der Waals surface area contributed by atoms with E-state index in [1.807, 2.05) is 7.05 Å². The van der Waals surface area contributed by atoms with E-state index in [0.717, 1.165) is 12.1 Å². The van der Waals surface area contributed by atoms with Gasteiger partial charge in [-0.25, -0.2) is 13.1 Å². The highest BCUT2D eigenvalue weighted by Crippen LogP contribution is 2.15. The van der Waals surface area contributed by atoms with E-state index in [1.54, 1.807) is 36.1 Å². The van der Waals surface area contributed by atoms with Crippen LogP contribution in [0.2, 0.25) is 0 Å². The fraction of sp³-hybridized carbons (Fsp3) is 0.385. The van der Waals surface area contributed by atoms with Gasteiger partial charge in [-0.1, -0.05) is 0 Å². The van der Waals surface area contributed by atoms with Crippen LogP contribution in [0.4, 0.5) is 0 Å². The van der Waals surface area contributed by atoms with Crippen molar-refractivity contribution in [2.75, 3.05) is 13.6 Å². The van der Waals surface area contributed by atoms with Gasteiger partial charge in [0, 0.05) is 31.2 Å². The molecule has 0 aliphatic heterocycles. The van der Waals surface area contributed by atoms with Crippen molar-refractivity contribution < 1.29 is 8.42 Å². The molecular weight excluding hydrogens is 290 g/mol. The summed E-state index contributed by atoms with van der Waals surface area (Å²) in [6.45, 7) is 3.13. The maximum Gasteiger partial charge on any atom is 0.244 e. The third-order valence-electron chi connectivity index (χ3n) is 3.05. The van der Waals surface area contributed by atoms with E-state index in [4.69, 9.17) is 0 Å². The molecule has 2 N–H and O–H groups in total. The van der Waals surface area contributed by atoms with Crippen LogP contribution in [-0.4, -0.2) is 36.8 Å². The van der Waals surface area contributed by atoms with Crippen LogP contribution in [0.1, 0.15) is 18.5 Å². The van der Waals surface area contributed by atoms with Crippen molar-refractivity contribution >= 4 is 10.0 Å². The van der Waals surface area contributed by atoms with E-state index in [2.05, 4.69) is 20.1 Å². The molecule has 0 aliphatic carbocycles. The van der Waals surface area contributed by atoms with E-state index in [1.165, 1.54) is 12.4 Å². The molecule has 0 amide bonds. The van der Waals surface area contributed by atoms with Crippen molar-refractivity contribution in [1.29, 1.82) is 0 Å². The minimum absolute atomic E-state index is 0.166. The van der Waals surface area contributed by atoms with Gasteiger partial charge in [0.2, 0.25) is 10.0 Å². The SMILES string of the molecule is CNCCn1cc(S(=O)(=O)NC(C)c2ccncc2)cn1. The number of aromatic nitrogens is 3. The molecule has 8 heteroatoms. The lowest BCUT2D eigenvalue weighted by Gasteiger charge is -2.13. The molecule has 1 atom stereocenters. The Bertz CT molecular complexity index is 669. The van der Waals surface area contributed by atoms with Crippen LogP contribution in [0.15, 0.2) is 41.8 Å². The molecule has 0 saturated heterocycles. The topological polar surface area (TPSA) is 88.9 Å². The zero-order chi connectivity index (χ0) is 15.3. The second-order valence-corrected chi connectivity index (χ2v) is 6.38. The molecule has 2 aromatic rings. The molecule has 2 rings (SSSR count). The van der Waals surface area contributed by atoms with E-state index < -0.39 is 10.0 Å². The van der Waals surface area contributed by atoms with Crippen LogP contribution in [0.25, 0.3) is 0 Å². The van der Waals surface area contributed by atoms with Crippen LogP contribution in [0.3, 0.4) is 0 Å². The average Bonchev–Trinajstić information content (AvgIpc) is 2.95. The molecule has 0 spiro atoms. The normalized spacial score (nSPS) is 13.2. The molecular formula is C13H19N5O2S. The summed E-state index contributed by atoms with van der Waals surface area (Å²) in [5.74, 6) is 0. The standard InChI is InChI=1S/C13H19N5O2S/c1-11(12-3-5-15-6-4-12)17-21(19,20)13-9-16-18(10-13)8-7-14-2/h3-6,9-11,14,17H,7-8H2,1-2H3. The molecule has 2 heterocycles. The van der Waals surface area contributed by atoms with Gasteiger partial charge < -0.3 is 5.32 Å². The van der Waals surface area contributed by atoms with Crippen molar-refractivity contribution in [2.24, 2.45) is 0 Å². The third-order valence-corrected chi connectivity index (χ3v) is 4.54. The molecule has 7 nitrogen and oxygen atoms in total. The summed E-state index contributed by atoms with van der Waals surface area (Å²) in [6, 6.07) is 3.23. The van der Waals surface area contributed by atoms with Crippen molar-refractivity contribution in [1.82, 2.24) is 24.8 Å². The lowest BCUT2D eigenvalue weighted by Crippen LogP contribution is -2.26. The fourth-order valence-corrected chi connectivity index (χ4v) is 3.04. The predicted octanol–water partition coefficient (Wildman–Crippen LogP) is 0.537. The van der Waals surface area contributed by atoms with Gasteiger partial charge in [0.1, 0.15) is 4.90 Å². The maximum absolute atomic E-state index is 12.3. The molecule has 1 unspecified atom stereocenters. The van der Waals surface area contributed by atoms with Gasteiger partial charge in [-0.3, -0.25) is 9.67 Å². The Balaban J connectivity index is 2.09. The summed E-state index contributed by atoms with van der Waals surface area (Å²) in [5.41, 5.74) is 0.858. The van der Waals surface area contributed by atoms with E-state index >= 15 is 0 Å². The first kappa shape index (κ1) is 15.6. The van der Waals surface area contributed by atoms with Crippen LogP contribution in [0, 0.1) is 0 Å². The average molecular weight is 309 g/mol.